The zero-order valence-electron chi connectivity index (χ0n) is 10.6. The molecule has 1 amide bonds. The fourth-order valence-electron chi connectivity index (χ4n) is 2.14. The second-order valence-corrected chi connectivity index (χ2v) is 6.09. The minimum absolute atomic E-state index is 0.00458. The van der Waals surface area contributed by atoms with Crippen LogP contribution in [0.4, 0.5) is 0 Å². The van der Waals surface area contributed by atoms with Gasteiger partial charge >= 0.3 is 0 Å². The van der Waals surface area contributed by atoms with E-state index < -0.39 is 5.41 Å². The van der Waals surface area contributed by atoms with Gasteiger partial charge in [-0.1, -0.05) is 26.1 Å². The summed E-state index contributed by atoms with van der Waals surface area (Å²) < 4.78 is 0. The minimum atomic E-state index is -0.582. The van der Waals surface area contributed by atoms with Crippen LogP contribution in [0.3, 0.4) is 0 Å². The Hall–Kier alpha value is -0.640. The zero-order chi connectivity index (χ0) is 12.6. The molecule has 0 heterocycles. The molecular formula is C12H22N2OS. The molecule has 0 aromatic carbocycles. The van der Waals surface area contributed by atoms with Gasteiger partial charge in [0.1, 0.15) is 0 Å². The van der Waals surface area contributed by atoms with Gasteiger partial charge in [0, 0.05) is 5.54 Å². The van der Waals surface area contributed by atoms with Crippen molar-refractivity contribution in [2.75, 3.05) is 0 Å². The van der Waals surface area contributed by atoms with E-state index in [0.29, 0.717) is 10.9 Å². The van der Waals surface area contributed by atoms with Crippen LogP contribution < -0.4 is 11.1 Å². The van der Waals surface area contributed by atoms with E-state index in [4.69, 9.17) is 18.0 Å². The molecule has 0 spiro atoms. The van der Waals surface area contributed by atoms with Crippen LogP contribution in [0.25, 0.3) is 0 Å². The predicted molar refractivity (Wildman–Crippen MR) is 70.1 cm³/mol. The zero-order valence-corrected chi connectivity index (χ0v) is 11.4. The Kier molecular flexibility index (Phi) is 3.62. The van der Waals surface area contributed by atoms with Gasteiger partial charge in [-0.25, -0.2) is 0 Å². The Morgan fingerprint density at radius 3 is 2.38 bits per heavy atom. The van der Waals surface area contributed by atoms with Gasteiger partial charge in [0.05, 0.1) is 10.4 Å². The highest BCUT2D eigenvalue weighted by atomic mass is 32.1. The molecular weight excluding hydrogens is 220 g/mol. The lowest BCUT2D eigenvalue weighted by atomic mass is 9.61. The highest BCUT2D eigenvalue weighted by Crippen LogP contribution is 2.46. The molecule has 0 saturated heterocycles. The van der Waals surface area contributed by atoms with Crippen molar-refractivity contribution >= 4 is 23.1 Å². The second kappa shape index (κ2) is 4.32. The lowest BCUT2D eigenvalue weighted by Crippen LogP contribution is -2.59. The van der Waals surface area contributed by atoms with Gasteiger partial charge < -0.3 is 11.1 Å². The molecule has 3 N–H and O–H groups in total. The molecule has 1 aliphatic carbocycles. The van der Waals surface area contributed by atoms with Crippen LogP contribution in [-0.4, -0.2) is 16.4 Å². The molecule has 4 heteroatoms. The van der Waals surface area contributed by atoms with Crippen molar-refractivity contribution in [3.05, 3.63) is 0 Å². The van der Waals surface area contributed by atoms with Crippen LogP contribution in [-0.2, 0) is 4.79 Å². The maximum absolute atomic E-state index is 12.2. The summed E-state index contributed by atoms with van der Waals surface area (Å²) in [7, 11) is 0. The molecule has 3 nitrogen and oxygen atoms in total. The van der Waals surface area contributed by atoms with E-state index in [1.165, 1.54) is 0 Å². The number of carbonyl (C=O) groups excluding carboxylic acids is 1. The van der Waals surface area contributed by atoms with E-state index in [1.807, 2.05) is 13.8 Å². The Morgan fingerprint density at radius 2 is 2.06 bits per heavy atom. The first-order valence-corrected chi connectivity index (χ1v) is 6.27. The van der Waals surface area contributed by atoms with Crippen LogP contribution in [0, 0.1) is 11.3 Å². The summed E-state index contributed by atoms with van der Waals surface area (Å²) in [5.74, 6) is 0.543. The SMILES string of the molecule is CCC(C)(C)NC(=O)C1(C(N)=S)CC(C)C1. The van der Waals surface area contributed by atoms with Gasteiger partial charge in [0.25, 0.3) is 0 Å². The summed E-state index contributed by atoms with van der Waals surface area (Å²) in [5.41, 5.74) is 4.96. The Morgan fingerprint density at radius 1 is 1.56 bits per heavy atom. The lowest BCUT2D eigenvalue weighted by Gasteiger charge is -2.45. The van der Waals surface area contributed by atoms with Gasteiger partial charge in [-0.15, -0.1) is 0 Å². The fraction of sp³-hybridized carbons (Fsp3) is 0.833. The van der Waals surface area contributed by atoms with E-state index in [0.717, 1.165) is 19.3 Å². The summed E-state index contributed by atoms with van der Waals surface area (Å²) in [6.07, 6.45) is 2.46. The summed E-state index contributed by atoms with van der Waals surface area (Å²) in [4.78, 5) is 12.6. The van der Waals surface area contributed by atoms with Crippen molar-refractivity contribution in [1.82, 2.24) is 5.32 Å². The summed E-state index contributed by atoms with van der Waals surface area (Å²) in [5, 5.41) is 3.04. The fourth-order valence-corrected chi connectivity index (χ4v) is 2.40. The van der Waals surface area contributed by atoms with Crippen LogP contribution in [0.5, 0.6) is 0 Å². The first-order chi connectivity index (χ1) is 7.23. The first kappa shape index (κ1) is 13.4. The standard InChI is InChI=1S/C12H22N2OS/c1-5-11(3,4)14-10(15)12(9(13)16)6-8(2)7-12/h8H,5-7H2,1-4H3,(H2,13,16)(H,14,15). The average Bonchev–Trinajstić information content (AvgIpc) is 2.11. The molecule has 92 valence electrons. The summed E-state index contributed by atoms with van der Waals surface area (Å²) >= 11 is 5.05. The molecule has 0 radical (unpaired) electrons. The van der Waals surface area contributed by atoms with Crippen LogP contribution >= 0.6 is 12.2 Å². The molecule has 0 bridgehead atoms. The van der Waals surface area contributed by atoms with E-state index in [1.54, 1.807) is 0 Å². The van der Waals surface area contributed by atoms with Gasteiger partial charge in [0.15, 0.2) is 0 Å². The Bertz CT molecular complexity index is 306. The number of amides is 1. The van der Waals surface area contributed by atoms with Crippen LogP contribution in [0.15, 0.2) is 0 Å². The van der Waals surface area contributed by atoms with Crippen molar-refractivity contribution < 1.29 is 4.79 Å². The minimum Gasteiger partial charge on any atom is -0.392 e. The molecule has 0 aliphatic heterocycles. The van der Waals surface area contributed by atoms with E-state index in [9.17, 15) is 4.79 Å². The number of hydrogen-bond donors (Lipinski definition) is 2. The van der Waals surface area contributed by atoms with E-state index >= 15 is 0 Å². The van der Waals surface area contributed by atoms with Crippen molar-refractivity contribution in [3.8, 4) is 0 Å². The van der Waals surface area contributed by atoms with E-state index in [2.05, 4.69) is 19.2 Å². The lowest BCUT2D eigenvalue weighted by molar-refractivity contribution is -0.134. The van der Waals surface area contributed by atoms with Crippen molar-refractivity contribution in [3.63, 3.8) is 0 Å². The highest BCUT2D eigenvalue weighted by molar-refractivity contribution is 7.80. The molecule has 1 rings (SSSR count). The van der Waals surface area contributed by atoms with Crippen molar-refractivity contribution in [2.45, 2.75) is 52.5 Å². The molecule has 1 saturated carbocycles. The topological polar surface area (TPSA) is 55.1 Å². The molecule has 0 aromatic rings. The molecule has 0 atom stereocenters. The average molecular weight is 242 g/mol. The third-order valence-corrected chi connectivity index (χ3v) is 4.03. The summed E-state index contributed by atoms with van der Waals surface area (Å²) in [6, 6.07) is 0. The molecule has 1 aliphatic rings. The number of nitrogens with two attached hydrogens (primary N) is 1. The second-order valence-electron chi connectivity index (χ2n) is 5.65. The number of rotatable bonds is 4. The number of nitrogens with one attached hydrogen (secondary N) is 1. The van der Waals surface area contributed by atoms with Gasteiger partial charge in [0.2, 0.25) is 5.91 Å². The highest BCUT2D eigenvalue weighted by Gasteiger charge is 2.51. The smallest absolute Gasteiger partial charge is 0.233 e. The number of thiocarbonyl (C=S) groups is 1. The molecule has 1 fully saturated rings. The Balaban J connectivity index is 2.75. The van der Waals surface area contributed by atoms with Crippen LogP contribution in [0.2, 0.25) is 0 Å². The quantitative estimate of drug-likeness (QED) is 0.741. The third-order valence-electron chi connectivity index (χ3n) is 3.64. The molecule has 16 heavy (non-hydrogen) atoms. The maximum atomic E-state index is 12.2. The normalized spacial score (nSPS) is 29.4. The first-order valence-electron chi connectivity index (χ1n) is 5.86. The van der Waals surface area contributed by atoms with E-state index in [-0.39, 0.29) is 11.4 Å². The number of hydrogen-bond acceptors (Lipinski definition) is 2. The van der Waals surface area contributed by atoms with Crippen molar-refractivity contribution in [2.24, 2.45) is 17.1 Å². The molecule has 0 aromatic heterocycles. The van der Waals surface area contributed by atoms with Crippen LogP contribution in [0.1, 0.15) is 47.0 Å². The third kappa shape index (κ3) is 2.37. The molecule has 0 unspecified atom stereocenters. The Labute approximate surface area is 103 Å². The van der Waals surface area contributed by atoms with Crippen molar-refractivity contribution in [1.29, 1.82) is 0 Å². The number of carbonyl (C=O) groups is 1. The van der Waals surface area contributed by atoms with Gasteiger partial charge in [-0.05, 0) is 39.0 Å². The maximum Gasteiger partial charge on any atom is 0.233 e. The predicted octanol–water partition coefficient (Wildman–Crippen LogP) is 1.99. The van der Waals surface area contributed by atoms with Gasteiger partial charge in [-0.2, -0.15) is 0 Å². The summed E-state index contributed by atoms with van der Waals surface area (Å²) in [6.45, 7) is 8.20. The monoisotopic (exact) mass is 242 g/mol. The largest absolute Gasteiger partial charge is 0.392 e. The van der Waals surface area contributed by atoms with Gasteiger partial charge in [-0.3, -0.25) is 4.79 Å².